The normalized spacial score (nSPS) is 10.4. The Morgan fingerprint density at radius 3 is 2.54 bits per heavy atom. The molecule has 0 saturated heterocycles. The number of methoxy groups -OCH3 is 1. The fourth-order valence-electron chi connectivity index (χ4n) is 1.70. The monoisotopic (exact) mass is 345 g/mol. The lowest BCUT2D eigenvalue weighted by Crippen LogP contribution is -2.33. The van der Waals surface area contributed by atoms with Gasteiger partial charge in [-0.3, -0.25) is 14.9 Å². The molecule has 0 spiro atoms. The van der Waals surface area contributed by atoms with Crippen LogP contribution in [0.1, 0.15) is 15.2 Å². The lowest BCUT2D eigenvalue weighted by molar-refractivity contribution is -0.143. The largest absolute Gasteiger partial charge is 0.497 e. The van der Waals surface area contributed by atoms with Crippen molar-refractivity contribution in [3.63, 3.8) is 0 Å². The average molecular weight is 345 g/mol. The molecule has 7 heteroatoms. The summed E-state index contributed by atoms with van der Waals surface area (Å²) in [5.41, 5.74) is 0.782. The minimum atomic E-state index is -0.681. The number of amides is 2. The molecular formula is C17H15NO5S. The quantitative estimate of drug-likeness (QED) is 0.641. The highest BCUT2D eigenvalue weighted by Gasteiger charge is 2.12. The van der Waals surface area contributed by atoms with E-state index in [4.69, 9.17) is 9.47 Å². The molecule has 124 valence electrons. The van der Waals surface area contributed by atoms with Crippen LogP contribution in [-0.4, -0.2) is 31.5 Å². The third kappa shape index (κ3) is 5.36. The van der Waals surface area contributed by atoms with E-state index in [1.165, 1.54) is 17.4 Å². The first-order valence-corrected chi connectivity index (χ1v) is 7.83. The summed E-state index contributed by atoms with van der Waals surface area (Å²) in [5, 5.41) is 3.87. The molecular weight excluding hydrogens is 330 g/mol. The maximum atomic E-state index is 11.6. The molecule has 0 radical (unpaired) electrons. The van der Waals surface area contributed by atoms with Gasteiger partial charge in [-0.15, -0.1) is 11.3 Å². The van der Waals surface area contributed by atoms with Gasteiger partial charge in [0.15, 0.2) is 6.61 Å². The van der Waals surface area contributed by atoms with Crippen molar-refractivity contribution in [3.8, 4) is 5.75 Å². The van der Waals surface area contributed by atoms with Gasteiger partial charge in [-0.05, 0) is 35.2 Å². The first-order valence-electron chi connectivity index (χ1n) is 6.95. The van der Waals surface area contributed by atoms with Gasteiger partial charge in [-0.1, -0.05) is 18.2 Å². The van der Waals surface area contributed by atoms with Crippen molar-refractivity contribution < 1.29 is 23.9 Å². The summed E-state index contributed by atoms with van der Waals surface area (Å²) in [6, 6.07) is 10.4. The van der Waals surface area contributed by atoms with E-state index >= 15 is 0 Å². The molecule has 6 nitrogen and oxygen atoms in total. The molecule has 0 aliphatic rings. The molecule has 0 atom stereocenters. The number of esters is 1. The summed E-state index contributed by atoms with van der Waals surface area (Å²) in [7, 11) is 1.57. The number of thiophene rings is 1. The minimum absolute atomic E-state index is 0.411. The van der Waals surface area contributed by atoms with Crippen LogP contribution in [0.5, 0.6) is 5.75 Å². The molecule has 1 aromatic carbocycles. The summed E-state index contributed by atoms with van der Waals surface area (Å²) >= 11 is 1.21. The highest BCUT2D eigenvalue weighted by atomic mass is 32.1. The summed E-state index contributed by atoms with van der Waals surface area (Å²) < 4.78 is 9.81. The fourth-order valence-corrected chi connectivity index (χ4v) is 2.32. The Balaban J connectivity index is 1.76. The number of hydrogen-bond acceptors (Lipinski definition) is 6. The number of benzene rings is 1. The number of carbonyl (C=O) groups excluding carboxylic acids is 3. The average Bonchev–Trinajstić information content (AvgIpc) is 3.13. The van der Waals surface area contributed by atoms with Crippen molar-refractivity contribution in [2.45, 2.75) is 0 Å². The minimum Gasteiger partial charge on any atom is -0.497 e. The summed E-state index contributed by atoms with van der Waals surface area (Å²) in [6.07, 6.45) is 2.76. The predicted octanol–water partition coefficient (Wildman–Crippen LogP) is 2.27. The van der Waals surface area contributed by atoms with E-state index in [1.54, 1.807) is 55.0 Å². The Hall–Kier alpha value is -2.93. The molecule has 0 unspecified atom stereocenters. The van der Waals surface area contributed by atoms with Crippen LogP contribution in [0.25, 0.3) is 6.08 Å². The Morgan fingerprint density at radius 1 is 1.17 bits per heavy atom. The van der Waals surface area contributed by atoms with Crippen molar-refractivity contribution in [2.75, 3.05) is 13.7 Å². The van der Waals surface area contributed by atoms with E-state index in [2.05, 4.69) is 5.32 Å². The number of ether oxygens (including phenoxy) is 2. The van der Waals surface area contributed by atoms with Gasteiger partial charge in [0.1, 0.15) is 5.75 Å². The first-order chi connectivity index (χ1) is 11.6. The second kappa shape index (κ2) is 8.64. The van der Waals surface area contributed by atoms with Crippen molar-refractivity contribution in [3.05, 3.63) is 58.3 Å². The van der Waals surface area contributed by atoms with Crippen LogP contribution in [-0.2, 0) is 14.3 Å². The summed E-state index contributed by atoms with van der Waals surface area (Å²) in [4.78, 5) is 35.2. The topological polar surface area (TPSA) is 81.7 Å². The lowest BCUT2D eigenvalue weighted by Gasteiger charge is -2.03. The van der Waals surface area contributed by atoms with Gasteiger partial charge in [-0.25, -0.2) is 4.79 Å². The van der Waals surface area contributed by atoms with Crippen LogP contribution in [0, 0.1) is 0 Å². The van der Waals surface area contributed by atoms with Gasteiger partial charge in [0.25, 0.3) is 11.8 Å². The Labute approximate surface area is 142 Å². The van der Waals surface area contributed by atoms with Gasteiger partial charge in [0.2, 0.25) is 0 Å². The SMILES string of the molecule is COc1ccc(/C=C/C(=O)OCC(=O)NC(=O)c2cccs2)cc1. The number of hydrogen-bond donors (Lipinski definition) is 1. The lowest BCUT2D eigenvalue weighted by atomic mass is 10.2. The zero-order valence-corrected chi connectivity index (χ0v) is 13.7. The molecule has 0 aliphatic heterocycles. The highest BCUT2D eigenvalue weighted by Crippen LogP contribution is 2.12. The Bertz CT molecular complexity index is 735. The Kier molecular flexibility index (Phi) is 6.27. The van der Waals surface area contributed by atoms with Gasteiger partial charge in [0, 0.05) is 6.08 Å². The maximum Gasteiger partial charge on any atom is 0.331 e. The zero-order valence-electron chi connectivity index (χ0n) is 12.9. The number of imide groups is 1. The maximum absolute atomic E-state index is 11.6. The van der Waals surface area contributed by atoms with Crippen LogP contribution < -0.4 is 10.1 Å². The van der Waals surface area contributed by atoms with Crippen molar-refractivity contribution in [2.24, 2.45) is 0 Å². The molecule has 2 aromatic rings. The van der Waals surface area contributed by atoms with Crippen molar-refractivity contribution >= 4 is 35.2 Å². The first kappa shape index (κ1) is 17.4. The highest BCUT2D eigenvalue weighted by molar-refractivity contribution is 7.12. The molecule has 24 heavy (non-hydrogen) atoms. The Morgan fingerprint density at radius 2 is 1.92 bits per heavy atom. The summed E-state index contributed by atoms with van der Waals surface area (Å²) in [6.45, 7) is -0.525. The molecule has 1 aromatic heterocycles. The third-order valence-corrected chi connectivity index (χ3v) is 3.74. The molecule has 1 heterocycles. The van der Waals surface area contributed by atoms with E-state index in [0.717, 1.165) is 5.56 Å². The predicted molar refractivity (Wildman–Crippen MR) is 89.8 cm³/mol. The molecule has 0 fully saturated rings. The van der Waals surface area contributed by atoms with Gasteiger partial charge in [0.05, 0.1) is 12.0 Å². The van der Waals surface area contributed by atoms with E-state index in [9.17, 15) is 14.4 Å². The smallest absolute Gasteiger partial charge is 0.331 e. The zero-order chi connectivity index (χ0) is 17.4. The molecule has 0 saturated carbocycles. The number of rotatable bonds is 6. The molecule has 1 N–H and O–H groups in total. The number of carbonyl (C=O) groups is 3. The van der Waals surface area contributed by atoms with E-state index in [0.29, 0.717) is 10.6 Å². The number of nitrogens with one attached hydrogen (secondary N) is 1. The van der Waals surface area contributed by atoms with Gasteiger partial charge < -0.3 is 9.47 Å². The molecule has 0 aliphatic carbocycles. The van der Waals surface area contributed by atoms with Crippen LogP contribution in [0.4, 0.5) is 0 Å². The van der Waals surface area contributed by atoms with Crippen LogP contribution >= 0.6 is 11.3 Å². The van der Waals surface area contributed by atoms with Crippen LogP contribution in [0.2, 0.25) is 0 Å². The third-order valence-electron chi connectivity index (χ3n) is 2.87. The van der Waals surface area contributed by atoms with E-state index in [1.807, 2.05) is 0 Å². The van der Waals surface area contributed by atoms with Gasteiger partial charge in [-0.2, -0.15) is 0 Å². The van der Waals surface area contributed by atoms with Crippen molar-refractivity contribution in [1.29, 1.82) is 0 Å². The fraction of sp³-hybridized carbons (Fsp3) is 0.118. The van der Waals surface area contributed by atoms with Crippen LogP contribution in [0.3, 0.4) is 0 Å². The van der Waals surface area contributed by atoms with Crippen LogP contribution in [0.15, 0.2) is 47.9 Å². The van der Waals surface area contributed by atoms with E-state index in [-0.39, 0.29) is 0 Å². The second-order valence-electron chi connectivity index (χ2n) is 4.57. The van der Waals surface area contributed by atoms with Crippen molar-refractivity contribution in [1.82, 2.24) is 5.32 Å². The standard InChI is InChI=1S/C17H15NO5S/c1-22-13-7-4-12(5-8-13)6-9-16(20)23-11-15(19)18-17(21)14-3-2-10-24-14/h2-10H,11H2,1H3,(H,18,19,21)/b9-6+. The second-order valence-corrected chi connectivity index (χ2v) is 5.52. The van der Waals surface area contributed by atoms with Gasteiger partial charge >= 0.3 is 5.97 Å². The summed E-state index contributed by atoms with van der Waals surface area (Å²) in [5.74, 6) is -1.16. The van der Waals surface area contributed by atoms with E-state index < -0.39 is 24.4 Å². The molecule has 2 rings (SSSR count). The molecule has 2 amide bonds. The molecule has 0 bridgehead atoms.